The molecule has 4 aliphatic heterocycles. The zero-order valence-corrected chi connectivity index (χ0v) is 23.8. The van der Waals surface area contributed by atoms with Crippen LogP contribution in [0, 0.1) is 5.82 Å². The number of rotatable bonds is 4. The van der Waals surface area contributed by atoms with E-state index in [-0.39, 0.29) is 53.6 Å². The average molecular weight is 627 g/mol. The Kier molecular flexibility index (Phi) is 6.74. The van der Waals surface area contributed by atoms with Crippen molar-refractivity contribution in [2.45, 2.75) is 55.7 Å². The summed E-state index contributed by atoms with van der Waals surface area (Å²) in [5, 5.41) is -0.616. The highest BCUT2D eigenvalue weighted by molar-refractivity contribution is 6.32. The van der Waals surface area contributed by atoms with Gasteiger partial charge in [0.1, 0.15) is 41.3 Å². The monoisotopic (exact) mass is 626 g/mol. The zero-order valence-electron chi connectivity index (χ0n) is 23.1. The SMILES string of the molecule is CN1c2nc(OC[C@@]34CCCN3C[C@H](F)C4)nc3c(F)c(-c4cc(N)cc(Cl)c4C(F)(F)F)nc(c23)OC2CCOCC21. The van der Waals surface area contributed by atoms with Crippen molar-refractivity contribution in [3.05, 3.63) is 28.5 Å². The molecular formula is C28H28ClF5N6O3. The summed E-state index contributed by atoms with van der Waals surface area (Å²) in [6.07, 6.45) is -4.05. The first kappa shape index (κ1) is 28.5. The summed E-state index contributed by atoms with van der Waals surface area (Å²) in [7, 11) is 1.74. The Morgan fingerprint density at radius 3 is 2.84 bits per heavy atom. The number of alkyl halides is 4. The van der Waals surface area contributed by atoms with Crippen LogP contribution in [0.25, 0.3) is 22.2 Å². The van der Waals surface area contributed by atoms with Crippen LogP contribution < -0.4 is 20.1 Å². The van der Waals surface area contributed by atoms with E-state index in [4.69, 9.17) is 31.5 Å². The van der Waals surface area contributed by atoms with Crippen molar-refractivity contribution in [1.29, 1.82) is 0 Å². The second kappa shape index (κ2) is 10.2. The van der Waals surface area contributed by atoms with Gasteiger partial charge in [-0.25, -0.2) is 13.8 Å². The molecule has 3 aromatic rings. The van der Waals surface area contributed by atoms with Gasteiger partial charge in [0.15, 0.2) is 5.82 Å². The smallest absolute Gasteiger partial charge is 0.418 e. The van der Waals surface area contributed by atoms with Crippen LogP contribution in [-0.2, 0) is 10.9 Å². The molecule has 0 aliphatic carbocycles. The van der Waals surface area contributed by atoms with E-state index >= 15 is 4.39 Å². The largest absolute Gasteiger partial charge is 0.471 e. The Labute approximate surface area is 248 Å². The lowest BCUT2D eigenvalue weighted by Gasteiger charge is -2.35. The fourth-order valence-electron chi connectivity index (χ4n) is 6.94. The van der Waals surface area contributed by atoms with Crippen LogP contribution in [0.3, 0.4) is 0 Å². The summed E-state index contributed by atoms with van der Waals surface area (Å²) < 4.78 is 91.5. The number of anilines is 2. The number of nitrogen functional groups attached to an aromatic ring is 1. The van der Waals surface area contributed by atoms with Crippen molar-refractivity contribution < 1.29 is 36.2 Å². The predicted octanol–water partition coefficient (Wildman–Crippen LogP) is 5.03. The second-order valence-corrected chi connectivity index (χ2v) is 12.0. The van der Waals surface area contributed by atoms with E-state index in [9.17, 15) is 17.6 Å². The summed E-state index contributed by atoms with van der Waals surface area (Å²) in [5.74, 6) is -1.05. The number of benzene rings is 1. The molecule has 2 N–H and O–H groups in total. The van der Waals surface area contributed by atoms with E-state index in [2.05, 4.69) is 19.9 Å². The number of nitrogens with two attached hydrogens (primary N) is 1. The molecule has 15 heteroatoms. The molecule has 0 bridgehead atoms. The maximum Gasteiger partial charge on any atom is 0.418 e. The standard InChI is InChI=1S/C28H28ClF5N6O3/c1-39-17-11-41-6-3-18(17)43-25-19-23(21(31)22(36-25)15-7-14(35)8-16(29)20(15)28(32,33)34)37-26(38-24(19)39)42-12-27-4-2-5-40(27)10-13(30)9-27/h7-8,13,17-18H,2-6,9-12,35H2,1H3/t13-,17?,18?,27+/m1/s1. The van der Waals surface area contributed by atoms with Crippen LogP contribution >= 0.6 is 11.6 Å². The lowest BCUT2D eigenvalue weighted by molar-refractivity contribution is -0.137. The van der Waals surface area contributed by atoms with Gasteiger partial charge in [0.25, 0.3) is 0 Å². The predicted molar refractivity (Wildman–Crippen MR) is 148 cm³/mol. The quantitative estimate of drug-likeness (QED) is 0.316. The number of hydrogen-bond acceptors (Lipinski definition) is 9. The molecule has 43 heavy (non-hydrogen) atoms. The summed E-state index contributed by atoms with van der Waals surface area (Å²) >= 11 is 5.99. The van der Waals surface area contributed by atoms with Gasteiger partial charge in [-0.1, -0.05) is 11.6 Å². The van der Waals surface area contributed by atoms with Gasteiger partial charge < -0.3 is 24.8 Å². The van der Waals surface area contributed by atoms with E-state index in [1.807, 2.05) is 0 Å². The number of likely N-dealkylation sites (N-methyl/N-ethyl adjacent to an activating group) is 1. The fourth-order valence-corrected chi connectivity index (χ4v) is 7.27. The van der Waals surface area contributed by atoms with Gasteiger partial charge >= 0.3 is 12.2 Å². The molecule has 7 rings (SSSR count). The van der Waals surface area contributed by atoms with Crippen LogP contribution in [0.2, 0.25) is 5.02 Å². The van der Waals surface area contributed by atoms with E-state index in [1.165, 1.54) is 0 Å². The van der Waals surface area contributed by atoms with E-state index < -0.39 is 51.7 Å². The number of pyridine rings is 1. The molecule has 0 saturated carbocycles. The Morgan fingerprint density at radius 2 is 2.05 bits per heavy atom. The van der Waals surface area contributed by atoms with E-state index in [0.29, 0.717) is 26.0 Å². The molecule has 3 saturated heterocycles. The molecule has 0 radical (unpaired) electrons. The highest BCUT2D eigenvalue weighted by atomic mass is 35.5. The Balaban J connectivity index is 1.41. The number of nitrogens with zero attached hydrogens (tertiary/aromatic N) is 5. The van der Waals surface area contributed by atoms with Crippen molar-refractivity contribution in [3.63, 3.8) is 0 Å². The minimum Gasteiger partial charge on any atom is -0.471 e. The Morgan fingerprint density at radius 1 is 1.23 bits per heavy atom. The third-order valence-electron chi connectivity index (χ3n) is 8.95. The minimum absolute atomic E-state index is 0.0726. The molecule has 6 heterocycles. The number of ether oxygens (including phenoxy) is 3. The Hall–Kier alpha value is -3.23. The number of fused-ring (bicyclic) bond motifs is 2. The fraction of sp³-hybridized carbons (Fsp3) is 0.536. The number of hydrogen-bond donors (Lipinski definition) is 1. The topological polar surface area (TPSA) is 98.9 Å². The third-order valence-corrected chi connectivity index (χ3v) is 9.25. The van der Waals surface area contributed by atoms with Gasteiger partial charge in [-0.2, -0.15) is 23.1 Å². The first-order valence-corrected chi connectivity index (χ1v) is 14.4. The van der Waals surface area contributed by atoms with E-state index in [0.717, 1.165) is 31.5 Å². The van der Waals surface area contributed by atoms with Gasteiger partial charge in [0, 0.05) is 37.7 Å². The first-order chi connectivity index (χ1) is 20.4. The highest BCUT2D eigenvalue weighted by Gasteiger charge is 2.49. The third kappa shape index (κ3) is 4.69. The lowest BCUT2D eigenvalue weighted by Crippen LogP contribution is -2.50. The van der Waals surface area contributed by atoms with E-state index in [1.54, 1.807) is 11.9 Å². The van der Waals surface area contributed by atoms with Crippen LogP contribution in [-0.4, -0.2) is 83.7 Å². The van der Waals surface area contributed by atoms with Gasteiger partial charge in [0.05, 0.1) is 35.4 Å². The molecule has 2 unspecified atom stereocenters. The molecule has 9 nitrogen and oxygen atoms in total. The van der Waals surface area contributed by atoms with Gasteiger partial charge in [-0.3, -0.25) is 4.90 Å². The molecule has 1 aromatic carbocycles. The van der Waals surface area contributed by atoms with Gasteiger partial charge in [-0.15, -0.1) is 0 Å². The van der Waals surface area contributed by atoms with Crippen LogP contribution in [0.5, 0.6) is 11.9 Å². The van der Waals surface area contributed by atoms with Crippen molar-refractivity contribution in [3.8, 4) is 23.1 Å². The molecule has 230 valence electrons. The zero-order chi connectivity index (χ0) is 30.3. The molecule has 4 aliphatic rings. The molecule has 4 atom stereocenters. The lowest BCUT2D eigenvalue weighted by atomic mass is 9.95. The van der Waals surface area contributed by atoms with Crippen molar-refractivity contribution in [1.82, 2.24) is 19.9 Å². The second-order valence-electron chi connectivity index (χ2n) is 11.6. The summed E-state index contributed by atoms with van der Waals surface area (Å²) in [6, 6.07) is 1.36. The van der Waals surface area contributed by atoms with Gasteiger partial charge in [0.2, 0.25) is 5.88 Å². The maximum atomic E-state index is 16.5. The summed E-state index contributed by atoms with van der Waals surface area (Å²) in [5.41, 5.74) is 2.26. The maximum absolute atomic E-state index is 16.5. The number of halogens is 6. The first-order valence-electron chi connectivity index (χ1n) is 14.0. The van der Waals surface area contributed by atoms with Gasteiger partial charge in [-0.05, 0) is 31.5 Å². The minimum atomic E-state index is -4.95. The Bertz CT molecular complexity index is 1610. The molecule has 0 amide bonds. The summed E-state index contributed by atoms with van der Waals surface area (Å²) in [4.78, 5) is 17.0. The average Bonchev–Trinajstić information content (AvgIpc) is 3.43. The van der Waals surface area contributed by atoms with Crippen LogP contribution in [0.1, 0.15) is 31.2 Å². The molecular weight excluding hydrogens is 599 g/mol. The number of aromatic nitrogens is 3. The summed E-state index contributed by atoms with van der Waals surface area (Å²) in [6.45, 7) is 1.79. The van der Waals surface area contributed by atoms with Crippen molar-refractivity contribution in [2.75, 3.05) is 50.6 Å². The van der Waals surface area contributed by atoms with Crippen molar-refractivity contribution >= 4 is 34.0 Å². The van der Waals surface area contributed by atoms with Crippen molar-refractivity contribution in [2.24, 2.45) is 0 Å². The van der Waals surface area contributed by atoms with Crippen LogP contribution in [0.15, 0.2) is 12.1 Å². The highest BCUT2D eigenvalue weighted by Crippen LogP contribution is 2.47. The molecule has 0 spiro atoms. The van der Waals surface area contributed by atoms with Crippen LogP contribution in [0.4, 0.5) is 33.5 Å². The molecule has 2 aromatic heterocycles. The normalized spacial score (nSPS) is 27.1. The molecule has 3 fully saturated rings.